The van der Waals surface area contributed by atoms with E-state index in [-0.39, 0.29) is 22.4 Å². The highest BCUT2D eigenvalue weighted by atomic mass is 32.2. The van der Waals surface area contributed by atoms with Crippen molar-refractivity contribution in [2.24, 2.45) is 0 Å². The fraction of sp³-hybridized carbons (Fsp3) is 0.438. The number of thiophene rings is 1. The number of methoxy groups -OCH3 is 1. The molecule has 0 bridgehead atoms. The Morgan fingerprint density at radius 1 is 1.31 bits per heavy atom. The van der Waals surface area contributed by atoms with E-state index in [1.165, 1.54) is 17.5 Å². The van der Waals surface area contributed by atoms with E-state index in [0.717, 1.165) is 23.5 Å². The Morgan fingerprint density at radius 3 is 2.81 bits per heavy atom. The molecule has 0 radical (unpaired) electrons. The van der Waals surface area contributed by atoms with Gasteiger partial charge >= 0.3 is 5.97 Å². The SMILES string of the molecule is COC(=O)c1sccc1S(=O)(=O)N1CCCC(Oc2ccc(C)nn2)C1. The summed E-state index contributed by atoms with van der Waals surface area (Å²) in [4.78, 5) is 11.9. The van der Waals surface area contributed by atoms with Crippen LogP contribution < -0.4 is 4.74 Å². The lowest BCUT2D eigenvalue weighted by molar-refractivity contribution is 0.0602. The van der Waals surface area contributed by atoms with E-state index in [9.17, 15) is 13.2 Å². The van der Waals surface area contributed by atoms with Crippen LogP contribution in [0.15, 0.2) is 28.5 Å². The van der Waals surface area contributed by atoms with Gasteiger partial charge in [-0.05, 0) is 37.3 Å². The largest absolute Gasteiger partial charge is 0.472 e. The number of rotatable bonds is 5. The van der Waals surface area contributed by atoms with Gasteiger partial charge in [0, 0.05) is 12.6 Å². The highest BCUT2D eigenvalue weighted by molar-refractivity contribution is 7.89. The smallest absolute Gasteiger partial charge is 0.349 e. The van der Waals surface area contributed by atoms with Crippen molar-refractivity contribution in [3.63, 3.8) is 0 Å². The molecule has 140 valence electrons. The van der Waals surface area contributed by atoms with Gasteiger partial charge in [-0.1, -0.05) is 0 Å². The number of carbonyl (C=O) groups is 1. The standard InChI is InChI=1S/C16H19N3O5S2/c1-11-5-6-14(18-17-11)24-12-4-3-8-19(10-12)26(21,22)13-7-9-25-15(13)16(20)23-2/h5-7,9,12H,3-4,8,10H2,1-2H3. The number of aromatic nitrogens is 2. The van der Waals surface area contributed by atoms with Crippen molar-refractivity contribution in [2.45, 2.75) is 30.8 Å². The molecule has 1 saturated heterocycles. The van der Waals surface area contributed by atoms with E-state index in [0.29, 0.717) is 18.8 Å². The zero-order chi connectivity index (χ0) is 18.7. The molecule has 1 unspecified atom stereocenters. The molecule has 1 aliphatic rings. The molecule has 1 fully saturated rings. The maximum absolute atomic E-state index is 13.0. The summed E-state index contributed by atoms with van der Waals surface area (Å²) >= 11 is 1.05. The average Bonchev–Trinajstić information content (AvgIpc) is 3.14. The van der Waals surface area contributed by atoms with Gasteiger partial charge in [-0.2, -0.15) is 9.40 Å². The molecule has 2 aromatic heterocycles. The minimum atomic E-state index is -3.81. The van der Waals surface area contributed by atoms with Crippen LogP contribution in [-0.2, 0) is 14.8 Å². The maximum atomic E-state index is 13.0. The van der Waals surface area contributed by atoms with Crippen LogP contribution in [0.25, 0.3) is 0 Å². The van der Waals surface area contributed by atoms with Crippen LogP contribution in [0.4, 0.5) is 0 Å². The topological polar surface area (TPSA) is 98.7 Å². The molecule has 26 heavy (non-hydrogen) atoms. The Balaban J connectivity index is 1.77. The van der Waals surface area contributed by atoms with Gasteiger partial charge < -0.3 is 9.47 Å². The van der Waals surface area contributed by atoms with Crippen molar-refractivity contribution in [3.8, 4) is 5.88 Å². The zero-order valence-electron chi connectivity index (χ0n) is 14.4. The summed E-state index contributed by atoms with van der Waals surface area (Å²) in [6, 6.07) is 4.93. The molecule has 0 aliphatic carbocycles. The van der Waals surface area contributed by atoms with Crippen molar-refractivity contribution in [2.75, 3.05) is 20.2 Å². The number of hydrogen-bond donors (Lipinski definition) is 0. The number of carbonyl (C=O) groups excluding carboxylic acids is 1. The summed E-state index contributed by atoms with van der Waals surface area (Å²) in [5.74, 6) is -0.288. The molecule has 0 amide bonds. The molecule has 2 aromatic rings. The van der Waals surface area contributed by atoms with Crippen LogP contribution in [0.2, 0.25) is 0 Å². The lowest BCUT2D eigenvalue weighted by Crippen LogP contribution is -2.44. The first kappa shape index (κ1) is 18.7. The van der Waals surface area contributed by atoms with E-state index in [4.69, 9.17) is 4.74 Å². The molecule has 0 saturated carbocycles. The van der Waals surface area contributed by atoms with Crippen molar-refractivity contribution in [1.29, 1.82) is 0 Å². The monoisotopic (exact) mass is 397 g/mol. The van der Waals surface area contributed by atoms with E-state index >= 15 is 0 Å². The first-order valence-corrected chi connectivity index (χ1v) is 10.4. The molecule has 10 heteroatoms. The van der Waals surface area contributed by atoms with Gasteiger partial charge in [0.2, 0.25) is 15.9 Å². The van der Waals surface area contributed by atoms with Gasteiger partial charge in [-0.15, -0.1) is 16.4 Å². The zero-order valence-corrected chi connectivity index (χ0v) is 16.0. The minimum absolute atomic E-state index is 0.0230. The van der Waals surface area contributed by atoms with Crippen molar-refractivity contribution >= 4 is 27.3 Å². The number of piperidine rings is 1. The van der Waals surface area contributed by atoms with Crippen LogP contribution in [0.1, 0.15) is 28.2 Å². The third kappa shape index (κ3) is 3.87. The van der Waals surface area contributed by atoms with Gasteiger partial charge in [-0.25, -0.2) is 13.2 Å². The number of esters is 1. The normalized spacial score (nSPS) is 18.5. The van der Waals surface area contributed by atoms with Crippen LogP contribution in [-0.4, -0.2) is 55.2 Å². The molecule has 3 heterocycles. The van der Waals surface area contributed by atoms with E-state index in [1.54, 1.807) is 17.5 Å². The van der Waals surface area contributed by atoms with Crippen molar-refractivity contribution < 1.29 is 22.7 Å². The van der Waals surface area contributed by atoms with Crippen LogP contribution in [0, 0.1) is 6.92 Å². The van der Waals surface area contributed by atoms with E-state index in [1.807, 2.05) is 6.92 Å². The Bertz CT molecular complexity index is 880. The van der Waals surface area contributed by atoms with Gasteiger partial charge in [-0.3, -0.25) is 0 Å². The number of nitrogens with zero attached hydrogens (tertiary/aromatic N) is 3. The molecule has 1 atom stereocenters. The third-order valence-corrected chi connectivity index (χ3v) is 6.95. The Labute approximate surface area is 155 Å². The minimum Gasteiger partial charge on any atom is -0.472 e. The van der Waals surface area contributed by atoms with Gasteiger partial charge in [0.05, 0.1) is 19.3 Å². The number of hydrogen-bond acceptors (Lipinski definition) is 8. The molecule has 3 rings (SSSR count). The maximum Gasteiger partial charge on any atom is 0.349 e. The fourth-order valence-electron chi connectivity index (χ4n) is 2.72. The molecule has 1 aliphatic heterocycles. The molecule has 0 spiro atoms. The van der Waals surface area contributed by atoms with Crippen LogP contribution in [0.3, 0.4) is 0 Å². The number of aryl methyl sites for hydroxylation is 1. The summed E-state index contributed by atoms with van der Waals surface area (Å²) in [5.41, 5.74) is 0.776. The first-order valence-electron chi connectivity index (χ1n) is 8.05. The Kier molecular flexibility index (Phi) is 5.54. The second-order valence-electron chi connectivity index (χ2n) is 5.86. The molecular weight excluding hydrogens is 378 g/mol. The summed E-state index contributed by atoms with van der Waals surface area (Å²) in [7, 11) is -2.58. The van der Waals surface area contributed by atoms with Gasteiger partial charge in [0.15, 0.2) is 0 Å². The Hall–Kier alpha value is -2.04. The van der Waals surface area contributed by atoms with E-state index < -0.39 is 16.0 Å². The quantitative estimate of drug-likeness (QED) is 0.710. The summed E-state index contributed by atoms with van der Waals surface area (Å²) in [5, 5.41) is 9.46. The summed E-state index contributed by atoms with van der Waals surface area (Å²) < 4.78 is 37.8. The summed E-state index contributed by atoms with van der Waals surface area (Å²) in [6.45, 7) is 2.39. The fourth-order valence-corrected chi connectivity index (χ4v) is 5.54. The van der Waals surface area contributed by atoms with Crippen molar-refractivity contribution in [1.82, 2.24) is 14.5 Å². The second-order valence-corrected chi connectivity index (χ2v) is 8.69. The van der Waals surface area contributed by atoms with Crippen LogP contribution in [0.5, 0.6) is 5.88 Å². The average molecular weight is 397 g/mol. The number of ether oxygens (including phenoxy) is 2. The molecule has 0 aromatic carbocycles. The van der Waals surface area contributed by atoms with E-state index in [2.05, 4.69) is 14.9 Å². The lowest BCUT2D eigenvalue weighted by atomic mass is 10.1. The highest BCUT2D eigenvalue weighted by Gasteiger charge is 2.34. The molecular formula is C16H19N3O5S2. The third-order valence-electron chi connectivity index (χ3n) is 4.02. The Morgan fingerprint density at radius 2 is 2.12 bits per heavy atom. The predicted octanol–water partition coefficient (Wildman–Crippen LogP) is 1.87. The van der Waals surface area contributed by atoms with Gasteiger partial charge in [0.25, 0.3) is 0 Å². The predicted molar refractivity (Wildman–Crippen MR) is 94.8 cm³/mol. The van der Waals surface area contributed by atoms with Crippen molar-refractivity contribution in [3.05, 3.63) is 34.2 Å². The highest BCUT2D eigenvalue weighted by Crippen LogP contribution is 2.28. The lowest BCUT2D eigenvalue weighted by Gasteiger charge is -2.31. The molecule has 0 N–H and O–H groups in total. The van der Waals surface area contributed by atoms with Crippen LogP contribution >= 0.6 is 11.3 Å². The second kappa shape index (κ2) is 7.68. The number of sulfonamides is 1. The van der Waals surface area contributed by atoms with Gasteiger partial charge in [0.1, 0.15) is 15.9 Å². The summed E-state index contributed by atoms with van der Waals surface area (Å²) in [6.07, 6.45) is 1.05. The molecule has 8 nitrogen and oxygen atoms in total. The first-order chi connectivity index (χ1) is 12.4.